The van der Waals surface area contributed by atoms with Crippen molar-refractivity contribution in [2.75, 3.05) is 0 Å². The highest BCUT2D eigenvalue weighted by Gasteiger charge is 2.40. The topological polar surface area (TPSA) is 0 Å². The first-order valence-electron chi connectivity index (χ1n) is 8.30. The summed E-state index contributed by atoms with van der Waals surface area (Å²) in [5.41, 5.74) is 1.63. The van der Waals surface area contributed by atoms with E-state index in [1.807, 2.05) is 0 Å². The monoisotopic (exact) mass is 264 g/mol. The molecule has 4 rings (SSSR count). The lowest BCUT2D eigenvalue weighted by Gasteiger charge is -2.35. The Hall–Kier alpha value is -1.30. The highest BCUT2D eigenvalue weighted by atomic mass is 14.4. The van der Waals surface area contributed by atoms with Crippen LogP contribution >= 0.6 is 0 Å². The molecule has 4 unspecified atom stereocenters. The van der Waals surface area contributed by atoms with Gasteiger partial charge in [0.2, 0.25) is 0 Å². The highest BCUT2D eigenvalue weighted by Crippen LogP contribution is 2.52. The van der Waals surface area contributed by atoms with Crippen LogP contribution in [0.3, 0.4) is 0 Å². The van der Waals surface area contributed by atoms with Crippen LogP contribution in [0.1, 0.15) is 50.5 Å². The van der Waals surface area contributed by atoms with Crippen molar-refractivity contribution in [1.29, 1.82) is 0 Å². The first-order chi connectivity index (χ1) is 9.83. The van der Waals surface area contributed by atoms with Crippen LogP contribution in [-0.4, -0.2) is 0 Å². The molecule has 0 saturated heterocycles. The maximum Gasteiger partial charge on any atom is -0.0125 e. The highest BCUT2D eigenvalue weighted by molar-refractivity contribution is 5.86. The molecule has 0 nitrogen and oxygen atoms in total. The summed E-state index contributed by atoms with van der Waals surface area (Å²) in [6, 6.07) is 15.9. The third-order valence-corrected chi connectivity index (χ3v) is 5.81. The minimum Gasteiger partial charge on any atom is -0.0625 e. The van der Waals surface area contributed by atoms with Crippen LogP contribution in [0.2, 0.25) is 0 Å². The van der Waals surface area contributed by atoms with Crippen molar-refractivity contribution in [3.05, 3.63) is 48.0 Å². The number of hydrogen-bond acceptors (Lipinski definition) is 0. The molecule has 0 N–H and O–H groups in total. The fraction of sp³-hybridized carbons (Fsp3) is 0.500. The van der Waals surface area contributed by atoms with Gasteiger partial charge in [-0.3, -0.25) is 0 Å². The van der Waals surface area contributed by atoms with Crippen LogP contribution in [0, 0.1) is 17.8 Å². The van der Waals surface area contributed by atoms with Crippen LogP contribution in [-0.2, 0) is 0 Å². The fourth-order valence-electron chi connectivity index (χ4n) is 5.04. The Labute approximate surface area is 122 Å². The largest absolute Gasteiger partial charge is 0.0625 e. The summed E-state index contributed by atoms with van der Waals surface area (Å²) in [6.45, 7) is 2.46. The lowest BCUT2D eigenvalue weighted by atomic mass is 9.70. The van der Waals surface area contributed by atoms with E-state index in [0.717, 1.165) is 23.7 Å². The number of fused-ring (bicyclic) bond motifs is 2. The van der Waals surface area contributed by atoms with Crippen molar-refractivity contribution in [2.24, 2.45) is 17.8 Å². The van der Waals surface area contributed by atoms with Gasteiger partial charge in [-0.1, -0.05) is 62.2 Å². The Balaban J connectivity index is 1.78. The third kappa shape index (κ3) is 1.97. The van der Waals surface area contributed by atoms with E-state index in [2.05, 4.69) is 49.4 Å². The average Bonchev–Trinajstić information content (AvgIpc) is 2.87. The summed E-state index contributed by atoms with van der Waals surface area (Å²) in [5, 5.41) is 2.92. The molecule has 2 aliphatic rings. The zero-order chi connectivity index (χ0) is 13.5. The molecule has 0 heteroatoms. The van der Waals surface area contributed by atoms with Crippen LogP contribution in [0.15, 0.2) is 42.5 Å². The smallest absolute Gasteiger partial charge is 0.0125 e. The van der Waals surface area contributed by atoms with E-state index >= 15 is 0 Å². The van der Waals surface area contributed by atoms with Crippen molar-refractivity contribution in [3.8, 4) is 0 Å². The Morgan fingerprint density at radius 3 is 2.70 bits per heavy atom. The molecule has 104 valence electrons. The molecule has 0 spiro atoms. The molecule has 0 bridgehead atoms. The predicted octanol–water partition coefficient (Wildman–Crippen LogP) is 5.77. The van der Waals surface area contributed by atoms with Crippen LogP contribution in [0.5, 0.6) is 0 Å². The average molecular weight is 264 g/mol. The summed E-state index contributed by atoms with van der Waals surface area (Å²) in [5.74, 6) is 3.71. The Kier molecular flexibility index (Phi) is 3.06. The quantitative estimate of drug-likeness (QED) is 0.613. The van der Waals surface area contributed by atoms with Gasteiger partial charge in [0, 0.05) is 0 Å². The zero-order valence-electron chi connectivity index (χ0n) is 12.4. The molecular formula is C20H24. The van der Waals surface area contributed by atoms with Gasteiger partial charge in [-0.25, -0.2) is 0 Å². The third-order valence-electron chi connectivity index (χ3n) is 5.81. The van der Waals surface area contributed by atoms with E-state index in [1.165, 1.54) is 42.9 Å². The normalized spacial score (nSPS) is 33.2. The molecule has 0 heterocycles. The zero-order valence-corrected chi connectivity index (χ0v) is 12.4. The molecule has 0 aromatic heterocycles. The molecule has 2 aliphatic carbocycles. The van der Waals surface area contributed by atoms with Gasteiger partial charge in [0.05, 0.1) is 0 Å². The lowest BCUT2D eigenvalue weighted by Crippen LogP contribution is -2.22. The Bertz CT molecular complexity index is 607. The van der Waals surface area contributed by atoms with Crippen LogP contribution < -0.4 is 0 Å². The first kappa shape index (κ1) is 12.4. The molecule has 2 aromatic rings. The number of rotatable bonds is 1. The van der Waals surface area contributed by atoms with E-state index in [1.54, 1.807) is 5.56 Å². The van der Waals surface area contributed by atoms with Crippen LogP contribution in [0.25, 0.3) is 10.8 Å². The van der Waals surface area contributed by atoms with E-state index in [4.69, 9.17) is 0 Å². The Morgan fingerprint density at radius 2 is 1.75 bits per heavy atom. The molecule has 2 aromatic carbocycles. The molecular weight excluding hydrogens is 240 g/mol. The standard InChI is InChI=1S/C20H24/c1-14-12-16-8-5-11-19(20(16)13-14)18-10-4-7-15-6-2-3-9-17(15)18/h2-4,6-7,9-10,14,16,19-20H,5,8,11-13H2,1H3. The SMILES string of the molecule is CC1CC2CCCC(c3cccc4ccccc34)C2C1. The van der Waals surface area contributed by atoms with Gasteiger partial charge in [-0.15, -0.1) is 0 Å². The van der Waals surface area contributed by atoms with Crippen molar-refractivity contribution in [2.45, 2.75) is 44.9 Å². The second kappa shape index (κ2) is 4.91. The summed E-state index contributed by atoms with van der Waals surface area (Å²) in [6.07, 6.45) is 7.25. The van der Waals surface area contributed by atoms with Gasteiger partial charge in [0.1, 0.15) is 0 Å². The summed E-state index contributed by atoms with van der Waals surface area (Å²) < 4.78 is 0. The summed E-state index contributed by atoms with van der Waals surface area (Å²) in [7, 11) is 0. The molecule has 0 aliphatic heterocycles. The van der Waals surface area contributed by atoms with E-state index in [-0.39, 0.29) is 0 Å². The number of hydrogen-bond donors (Lipinski definition) is 0. The van der Waals surface area contributed by atoms with E-state index in [0.29, 0.717) is 0 Å². The molecule has 20 heavy (non-hydrogen) atoms. The van der Waals surface area contributed by atoms with Crippen molar-refractivity contribution in [1.82, 2.24) is 0 Å². The molecule has 2 fully saturated rings. The van der Waals surface area contributed by atoms with Crippen molar-refractivity contribution < 1.29 is 0 Å². The maximum absolute atomic E-state index is 2.46. The van der Waals surface area contributed by atoms with Gasteiger partial charge < -0.3 is 0 Å². The lowest BCUT2D eigenvalue weighted by molar-refractivity contribution is 0.239. The molecule has 2 saturated carbocycles. The van der Waals surface area contributed by atoms with Gasteiger partial charge in [0.25, 0.3) is 0 Å². The fourth-order valence-corrected chi connectivity index (χ4v) is 5.04. The summed E-state index contributed by atoms with van der Waals surface area (Å²) >= 11 is 0. The van der Waals surface area contributed by atoms with Gasteiger partial charge in [-0.2, -0.15) is 0 Å². The Morgan fingerprint density at radius 1 is 0.900 bits per heavy atom. The van der Waals surface area contributed by atoms with Crippen LogP contribution in [0.4, 0.5) is 0 Å². The van der Waals surface area contributed by atoms with Crippen molar-refractivity contribution >= 4 is 10.8 Å². The molecule has 0 amide bonds. The maximum atomic E-state index is 2.46. The van der Waals surface area contributed by atoms with E-state index in [9.17, 15) is 0 Å². The van der Waals surface area contributed by atoms with Crippen molar-refractivity contribution in [3.63, 3.8) is 0 Å². The summed E-state index contributed by atoms with van der Waals surface area (Å²) in [4.78, 5) is 0. The molecule has 4 atom stereocenters. The first-order valence-corrected chi connectivity index (χ1v) is 8.30. The van der Waals surface area contributed by atoms with Gasteiger partial charge in [0.15, 0.2) is 0 Å². The molecule has 0 radical (unpaired) electrons. The predicted molar refractivity (Wildman–Crippen MR) is 85.9 cm³/mol. The number of benzene rings is 2. The van der Waals surface area contributed by atoms with Gasteiger partial charge >= 0.3 is 0 Å². The minimum atomic E-state index is 0.810. The minimum absolute atomic E-state index is 0.810. The van der Waals surface area contributed by atoms with Gasteiger partial charge in [-0.05, 0) is 59.3 Å². The van der Waals surface area contributed by atoms with E-state index < -0.39 is 0 Å². The second-order valence-electron chi connectivity index (χ2n) is 7.11. The second-order valence-corrected chi connectivity index (χ2v) is 7.11.